The van der Waals surface area contributed by atoms with Crippen LogP contribution in [0.1, 0.15) is 27.2 Å². The van der Waals surface area contributed by atoms with Crippen molar-refractivity contribution >= 4 is 5.91 Å². The van der Waals surface area contributed by atoms with E-state index in [9.17, 15) is 9.90 Å². The number of carbonyl (C=O) groups is 1. The Kier molecular flexibility index (Phi) is 1.90. The van der Waals surface area contributed by atoms with Gasteiger partial charge in [0.1, 0.15) is 5.76 Å². The largest absolute Gasteiger partial charge is 0.509 e. The summed E-state index contributed by atoms with van der Waals surface area (Å²) in [4.78, 5) is 13.0. The van der Waals surface area contributed by atoms with Gasteiger partial charge in [0.15, 0.2) is 0 Å². The van der Waals surface area contributed by atoms with E-state index in [-0.39, 0.29) is 11.7 Å². The fraction of sp³-hybridized carbons (Fsp3) is 0.667. The van der Waals surface area contributed by atoms with E-state index in [1.54, 1.807) is 11.9 Å². The molecule has 1 aliphatic rings. The molecular formula is C9H15NO2. The molecule has 1 heterocycles. The summed E-state index contributed by atoms with van der Waals surface area (Å²) < 4.78 is 0. The van der Waals surface area contributed by atoms with Crippen LogP contribution in [0.3, 0.4) is 0 Å². The van der Waals surface area contributed by atoms with Gasteiger partial charge in [0.25, 0.3) is 5.91 Å². The smallest absolute Gasteiger partial charge is 0.253 e. The highest BCUT2D eigenvalue weighted by atomic mass is 16.3. The first-order valence-corrected chi connectivity index (χ1v) is 4.13. The summed E-state index contributed by atoms with van der Waals surface area (Å²) in [7, 11) is 1.71. The van der Waals surface area contributed by atoms with E-state index in [0.29, 0.717) is 12.0 Å². The average Bonchev–Trinajstić information content (AvgIpc) is 2.15. The molecule has 0 fully saturated rings. The number of aliphatic hydroxyl groups excluding tert-OH is 1. The lowest BCUT2D eigenvalue weighted by atomic mass is 10.0. The second-order valence-electron chi connectivity index (χ2n) is 3.60. The lowest BCUT2D eigenvalue weighted by Crippen LogP contribution is -2.40. The Balaban J connectivity index is 3.15. The Morgan fingerprint density at radius 3 is 2.17 bits per heavy atom. The number of rotatable bonds is 1. The highest BCUT2D eigenvalue weighted by Crippen LogP contribution is 2.33. The predicted octanol–water partition coefficient (Wildman–Crippen LogP) is 1.46. The van der Waals surface area contributed by atoms with Gasteiger partial charge >= 0.3 is 0 Å². The lowest BCUT2D eigenvalue weighted by Gasteiger charge is -2.28. The van der Waals surface area contributed by atoms with Gasteiger partial charge in [-0.2, -0.15) is 0 Å². The minimum atomic E-state index is -0.525. The van der Waals surface area contributed by atoms with Gasteiger partial charge in [-0.15, -0.1) is 0 Å². The maximum atomic E-state index is 11.5. The van der Waals surface area contributed by atoms with Crippen LogP contribution in [-0.4, -0.2) is 28.5 Å². The fourth-order valence-corrected chi connectivity index (χ4v) is 1.40. The zero-order chi connectivity index (χ0) is 9.52. The van der Waals surface area contributed by atoms with Crippen molar-refractivity contribution in [3.63, 3.8) is 0 Å². The van der Waals surface area contributed by atoms with Crippen molar-refractivity contribution in [3.05, 3.63) is 11.3 Å². The lowest BCUT2D eigenvalue weighted by molar-refractivity contribution is -0.127. The van der Waals surface area contributed by atoms with Gasteiger partial charge in [-0.3, -0.25) is 4.79 Å². The maximum Gasteiger partial charge on any atom is 0.253 e. The van der Waals surface area contributed by atoms with Gasteiger partial charge in [0.05, 0.1) is 11.1 Å². The number of hydrogen-bond donors (Lipinski definition) is 1. The number of likely N-dealkylation sites (N-methyl/N-ethyl adjacent to an activating group) is 1. The molecule has 0 aliphatic carbocycles. The summed E-state index contributed by atoms with van der Waals surface area (Å²) in [6.45, 7) is 5.55. The molecular weight excluding hydrogens is 154 g/mol. The third kappa shape index (κ3) is 0.924. The molecule has 0 atom stereocenters. The highest BCUT2D eigenvalue weighted by Gasteiger charge is 2.42. The zero-order valence-corrected chi connectivity index (χ0v) is 8.01. The van der Waals surface area contributed by atoms with Crippen molar-refractivity contribution in [1.29, 1.82) is 0 Å². The van der Waals surface area contributed by atoms with Crippen molar-refractivity contribution < 1.29 is 9.90 Å². The van der Waals surface area contributed by atoms with Crippen molar-refractivity contribution in [3.8, 4) is 0 Å². The molecule has 0 unspecified atom stereocenters. The van der Waals surface area contributed by atoms with Gasteiger partial charge in [-0.25, -0.2) is 0 Å². The average molecular weight is 169 g/mol. The van der Waals surface area contributed by atoms with E-state index in [1.807, 2.05) is 20.8 Å². The van der Waals surface area contributed by atoms with Crippen LogP contribution in [0.2, 0.25) is 0 Å². The van der Waals surface area contributed by atoms with Crippen LogP contribution in [0.25, 0.3) is 0 Å². The van der Waals surface area contributed by atoms with Crippen LogP contribution in [0.5, 0.6) is 0 Å². The van der Waals surface area contributed by atoms with Crippen LogP contribution in [0, 0.1) is 0 Å². The first-order valence-electron chi connectivity index (χ1n) is 4.13. The molecule has 0 aromatic heterocycles. The molecule has 0 saturated heterocycles. The molecule has 1 amide bonds. The van der Waals surface area contributed by atoms with Crippen molar-refractivity contribution in [2.45, 2.75) is 32.7 Å². The van der Waals surface area contributed by atoms with Crippen LogP contribution < -0.4 is 0 Å². The highest BCUT2D eigenvalue weighted by molar-refractivity contribution is 5.97. The number of carbonyl (C=O) groups excluding carboxylic acids is 1. The van der Waals surface area contributed by atoms with Crippen molar-refractivity contribution in [2.24, 2.45) is 0 Å². The van der Waals surface area contributed by atoms with Gasteiger partial charge in [-0.05, 0) is 20.3 Å². The van der Waals surface area contributed by atoms with Crippen molar-refractivity contribution in [2.75, 3.05) is 7.05 Å². The molecule has 68 valence electrons. The minimum Gasteiger partial charge on any atom is -0.509 e. The molecule has 1 aliphatic heterocycles. The fourth-order valence-electron chi connectivity index (χ4n) is 1.40. The van der Waals surface area contributed by atoms with E-state index in [1.165, 1.54) is 0 Å². The maximum absolute atomic E-state index is 11.5. The molecule has 0 spiro atoms. The first-order chi connectivity index (χ1) is 5.42. The number of amides is 1. The van der Waals surface area contributed by atoms with E-state index < -0.39 is 5.54 Å². The standard InChI is InChI=1S/C9H15NO2/c1-5-6-7(11)9(2,3)10(4)8(6)12/h11H,5H2,1-4H3. The van der Waals surface area contributed by atoms with E-state index in [2.05, 4.69) is 0 Å². The topological polar surface area (TPSA) is 40.5 Å². The molecule has 3 nitrogen and oxygen atoms in total. The Hall–Kier alpha value is -0.990. The van der Waals surface area contributed by atoms with E-state index in [0.717, 1.165) is 0 Å². The Labute approximate surface area is 72.7 Å². The van der Waals surface area contributed by atoms with E-state index >= 15 is 0 Å². The summed E-state index contributed by atoms with van der Waals surface area (Å²) in [5.74, 6) is 0.164. The molecule has 3 heteroatoms. The second-order valence-corrected chi connectivity index (χ2v) is 3.60. The van der Waals surface area contributed by atoms with Gasteiger partial charge in [-0.1, -0.05) is 6.92 Å². The Bertz CT molecular complexity index is 253. The van der Waals surface area contributed by atoms with Crippen LogP contribution in [0.4, 0.5) is 0 Å². The predicted molar refractivity (Wildman–Crippen MR) is 46.8 cm³/mol. The zero-order valence-electron chi connectivity index (χ0n) is 8.01. The molecule has 1 rings (SSSR count). The Morgan fingerprint density at radius 2 is 2.00 bits per heavy atom. The molecule has 1 N–H and O–H groups in total. The van der Waals surface area contributed by atoms with Crippen LogP contribution in [-0.2, 0) is 4.79 Å². The molecule has 0 aromatic rings. The molecule has 0 saturated carbocycles. The Morgan fingerprint density at radius 1 is 1.50 bits per heavy atom. The second kappa shape index (κ2) is 2.51. The number of nitrogens with zero attached hydrogens (tertiary/aromatic N) is 1. The molecule has 0 aromatic carbocycles. The quantitative estimate of drug-likeness (QED) is 0.645. The van der Waals surface area contributed by atoms with Crippen molar-refractivity contribution in [1.82, 2.24) is 4.90 Å². The SMILES string of the molecule is CCC1=C(O)C(C)(C)N(C)C1=O. The van der Waals surface area contributed by atoms with Gasteiger partial charge < -0.3 is 10.0 Å². The van der Waals surface area contributed by atoms with Gasteiger partial charge in [0, 0.05) is 7.05 Å². The monoisotopic (exact) mass is 169 g/mol. The summed E-state index contributed by atoms with van der Waals surface area (Å²) >= 11 is 0. The summed E-state index contributed by atoms with van der Waals surface area (Å²) in [6, 6.07) is 0. The van der Waals surface area contributed by atoms with E-state index in [4.69, 9.17) is 0 Å². The normalized spacial score (nSPS) is 22.3. The van der Waals surface area contributed by atoms with Crippen LogP contribution in [0.15, 0.2) is 11.3 Å². The molecule has 0 bridgehead atoms. The molecule has 12 heavy (non-hydrogen) atoms. The first kappa shape index (κ1) is 9.10. The van der Waals surface area contributed by atoms with Crippen LogP contribution >= 0.6 is 0 Å². The summed E-state index contributed by atoms with van der Waals surface area (Å²) in [5.41, 5.74) is 0.0186. The summed E-state index contributed by atoms with van der Waals surface area (Å²) in [6.07, 6.45) is 0.596. The molecule has 0 radical (unpaired) electrons. The van der Waals surface area contributed by atoms with Gasteiger partial charge in [0.2, 0.25) is 0 Å². The summed E-state index contributed by atoms with van der Waals surface area (Å²) in [5, 5.41) is 9.67. The third-order valence-corrected chi connectivity index (χ3v) is 2.62. The third-order valence-electron chi connectivity index (χ3n) is 2.62. The minimum absolute atomic E-state index is 0.0556. The number of aliphatic hydroxyl groups is 1. The number of hydrogen-bond acceptors (Lipinski definition) is 2.